The molecular formula is C22H25N3O3. The number of carbonyl (C=O) groups is 2. The number of aliphatic hydroxyl groups is 1. The lowest BCUT2D eigenvalue weighted by molar-refractivity contribution is -0.137. The van der Waals surface area contributed by atoms with Gasteiger partial charge in [-0.05, 0) is 23.8 Å². The molecule has 0 saturated carbocycles. The number of rotatable bonds is 6. The molecular weight excluding hydrogens is 354 g/mol. The van der Waals surface area contributed by atoms with Crippen LogP contribution in [0.2, 0.25) is 0 Å². The second-order valence-electron chi connectivity index (χ2n) is 6.64. The quantitative estimate of drug-likeness (QED) is 0.747. The third-order valence-corrected chi connectivity index (χ3v) is 4.74. The number of benzene rings is 2. The molecule has 1 atom stereocenters. The molecule has 1 heterocycles. The fourth-order valence-corrected chi connectivity index (χ4v) is 3.19. The second kappa shape index (κ2) is 9.71. The Balaban J connectivity index is 1.52. The molecule has 1 saturated heterocycles. The van der Waals surface area contributed by atoms with Gasteiger partial charge in [0.15, 0.2) is 0 Å². The molecule has 2 aromatic carbocycles. The molecule has 1 fully saturated rings. The van der Waals surface area contributed by atoms with Crippen LogP contribution in [0.1, 0.15) is 5.56 Å². The van der Waals surface area contributed by atoms with Crippen molar-refractivity contribution < 1.29 is 14.7 Å². The fraction of sp³-hybridized carbons (Fsp3) is 0.273. The van der Waals surface area contributed by atoms with Crippen molar-refractivity contribution in [3.63, 3.8) is 0 Å². The second-order valence-corrected chi connectivity index (χ2v) is 6.64. The highest BCUT2D eigenvalue weighted by molar-refractivity contribution is 5.95. The van der Waals surface area contributed by atoms with E-state index in [1.54, 1.807) is 11.0 Å². The fourth-order valence-electron chi connectivity index (χ4n) is 3.19. The minimum Gasteiger partial charge on any atom is -0.394 e. The monoisotopic (exact) mass is 379 g/mol. The molecule has 2 N–H and O–H groups in total. The summed E-state index contributed by atoms with van der Waals surface area (Å²) in [6.07, 6.45) is 3.05. The van der Waals surface area contributed by atoms with Gasteiger partial charge in [-0.1, -0.05) is 48.5 Å². The summed E-state index contributed by atoms with van der Waals surface area (Å²) in [5.74, 6) is -0.657. The van der Waals surface area contributed by atoms with E-state index in [9.17, 15) is 14.7 Å². The summed E-state index contributed by atoms with van der Waals surface area (Å²) in [6.45, 7) is 2.12. The lowest BCUT2D eigenvalue weighted by Gasteiger charge is -2.37. The molecule has 2 amide bonds. The van der Waals surface area contributed by atoms with Crippen LogP contribution in [0.15, 0.2) is 66.7 Å². The number of hydrogen-bond acceptors (Lipinski definition) is 4. The number of carbonyl (C=O) groups excluding carboxylic acids is 2. The van der Waals surface area contributed by atoms with Crippen LogP contribution in [0, 0.1) is 0 Å². The average Bonchev–Trinajstić information content (AvgIpc) is 2.77. The van der Waals surface area contributed by atoms with Crippen molar-refractivity contribution in [3.05, 3.63) is 72.3 Å². The third-order valence-electron chi connectivity index (χ3n) is 4.74. The van der Waals surface area contributed by atoms with Gasteiger partial charge in [0.2, 0.25) is 11.8 Å². The molecule has 2 aromatic rings. The van der Waals surface area contributed by atoms with Crippen molar-refractivity contribution in [2.24, 2.45) is 0 Å². The van der Waals surface area contributed by atoms with E-state index in [0.29, 0.717) is 13.1 Å². The summed E-state index contributed by atoms with van der Waals surface area (Å²) >= 11 is 0. The van der Waals surface area contributed by atoms with Gasteiger partial charge in [0.25, 0.3) is 0 Å². The van der Waals surface area contributed by atoms with Crippen molar-refractivity contribution in [3.8, 4) is 0 Å². The van der Waals surface area contributed by atoms with Crippen molar-refractivity contribution in [2.45, 2.75) is 6.04 Å². The molecule has 28 heavy (non-hydrogen) atoms. The maximum absolute atomic E-state index is 12.7. The summed E-state index contributed by atoms with van der Waals surface area (Å²) in [6, 6.07) is 18.5. The maximum atomic E-state index is 12.7. The zero-order chi connectivity index (χ0) is 19.8. The SMILES string of the molecule is O=C(C=Cc1ccccc1)NC(CO)C(=O)N1CCN(c2ccccc2)CC1. The van der Waals surface area contributed by atoms with E-state index in [1.807, 2.05) is 60.7 Å². The van der Waals surface area contributed by atoms with Gasteiger partial charge in [-0.3, -0.25) is 9.59 Å². The van der Waals surface area contributed by atoms with Crippen LogP contribution in [0.4, 0.5) is 5.69 Å². The highest BCUT2D eigenvalue weighted by atomic mass is 16.3. The molecule has 6 nitrogen and oxygen atoms in total. The Hall–Kier alpha value is -3.12. The molecule has 0 aliphatic carbocycles. The molecule has 0 aromatic heterocycles. The summed E-state index contributed by atoms with van der Waals surface area (Å²) in [7, 11) is 0. The molecule has 0 bridgehead atoms. The minimum absolute atomic E-state index is 0.253. The van der Waals surface area contributed by atoms with Gasteiger partial charge in [0, 0.05) is 37.9 Å². The number of amides is 2. The van der Waals surface area contributed by atoms with E-state index in [2.05, 4.69) is 10.2 Å². The number of piperazine rings is 1. The van der Waals surface area contributed by atoms with Gasteiger partial charge in [-0.25, -0.2) is 0 Å². The van der Waals surface area contributed by atoms with E-state index < -0.39 is 18.6 Å². The van der Waals surface area contributed by atoms with Crippen LogP contribution in [0.5, 0.6) is 0 Å². The van der Waals surface area contributed by atoms with Gasteiger partial charge in [0.05, 0.1) is 6.61 Å². The molecule has 0 radical (unpaired) electrons. The summed E-state index contributed by atoms with van der Waals surface area (Å²) in [4.78, 5) is 28.7. The minimum atomic E-state index is -0.934. The van der Waals surface area contributed by atoms with Crippen molar-refractivity contribution in [1.29, 1.82) is 0 Å². The van der Waals surface area contributed by atoms with Crippen molar-refractivity contribution in [2.75, 3.05) is 37.7 Å². The van der Waals surface area contributed by atoms with E-state index in [4.69, 9.17) is 0 Å². The molecule has 1 aliphatic rings. The Morgan fingerprint density at radius 2 is 1.57 bits per heavy atom. The molecule has 6 heteroatoms. The maximum Gasteiger partial charge on any atom is 0.247 e. The van der Waals surface area contributed by atoms with E-state index in [0.717, 1.165) is 24.3 Å². The number of anilines is 1. The largest absolute Gasteiger partial charge is 0.394 e. The van der Waals surface area contributed by atoms with Crippen LogP contribution in [0.3, 0.4) is 0 Å². The topological polar surface area (TPSA) is 72.9 Å². The number of aliphatic hydroxyl groups excluding tert-OH is 1. The molecule has 3 rings (SSSR count). The first-order valence-electron chi connectivity index (χ1n) is 9.40. The average molecular weight is 379 g/mol. The predicted octanol–water partition coefficient (Wildman–Crippen LogP) is 1.53. The van der Waals surface area contributed by atoms with Crippen LogP contribution >= 0.6 is 0 Å². The first kappa shape index (κ1) is 19.6. The van der Waals surface area contributed by atoms with Gasteiger partial charge in [-0.2, -0.15) is 0 Å². The van der Waals surface area contributed by atoms with Crippen LogP contribution in [-0.2, 0) is 9.59 Å². The van der Waals surface area contributed by atoms with E-state index in [-0.39, 0.29) is 5.91 Å². The Bertz CT molecular complexity index is 800. The Morgan fingerprint density at radius 3 is 2.18 bits per heavy atom. The van der Waals surface area contributed by atoms with Crippen LogP contribution in [-0.4, -0.2) is 60.6 Å². The lowest BCUT2D eigenvalue weighted by Crippen LogP contribution is -2.56. The first-order valence-corrected chi connectivity index (χ1v) is 9.40. The first-order chi connectivity index (χ1) is 13.7. The third kappa shape index (κ3) is 5.20. The number of para-hydroxylation sites is 1. The number of nitrogens with one attached hydrogen (secondary N) is 1. The van der Waals surface area contributed by atoms with Crippen molar-refractivity contribution >= 4 is 23.6 Å². The molecule has 1 unspecified atom stereocenters. The smallest absolute Gasteiger partial charge is 0.247 e. The molecule has 1 aliphatic heterocycles. The van der Waals surface area contributed by atoms with Gasteiger partial charge in [0.1, 0.15) is 6.04 Å². The molecule has 146 valence electrons. The van der Waals surface area contributed by atoms with Gasteiger partial charge >= 0.3 is 0 Å². The van der Waals surface area contributed by atoms with E-state index in [1.165, 1.54) is 6.08 Å². The van der Waals surface area contributed by atoms with Gasteiger partial charge < -0.3 is 20.2 Å². The zero-order valence-electron chi connectivity index (χ0n) is 15.7. The summed E-state index contributed by atoms with van der Waals surface area (Å²) in [5, 5.41) is 12.2. The number of nitrogens with zero attached hydrogens (tertiary/aromatic N) is 2. The van der Waals surface area contributed by atoms with E-state index >= 15 is 0 Å². The Labute approximate surface area is 165 Å². The standard InChI is InChI=1S/C22H25N3O3/c26-17-20(23-21(27)12-11-18-7-3-1-4-8-18)22(28)25-15-13-24(14-16-25)19-9-5-2-6-10-19/h1-12,20,26H,13-17H2,(H,23,27). The summed E-state index contributed by atoms with van der Waals surface area (Å²) in [5.41, 5.74) is 2.02. The number of hydrogen-bond donors (Lipinski definition) is 2. The lowest BCUT2D eigenvalue weighted by atomic mass is 10.2. The van der Waals surface area contributed by atoms with Crippen LogP contribution in [0.25, 0.3) is 6.08 Å². The summed E-state index contributed by atoms with van der Waals surface area (Å²) < 4.78 is 0. The normalized spacial score (nSPS) is 15.5. The predicted molar refractivity (Wildman–Crippen MR) is 110 cm³/mol. The van der Waals surface area contributed by atoms with Crippen molar-refractivity contribution in [1.82, 2.24) is 10.2 Å². The molecule has 0 spiro atoms. The van der Waals surface area contributed by atoms with Crippen LogP contribution < -0.4 is 10.2 Å². The Morgan fingerprint density at radius 1 is 0.964 bits per heavy atom. The highest BCUT2D eigenvalue weighted by Crippen LogP contribution is 2.16. The van der Waals surface area contributed by atoms with Gasteiger partial charge in [-0.15, -0.1) is 0 Å². The Kier molecular flexibility index (Phi) is 6.81. The highest BCUT2D eigenvalue weighted by Gasteiger charge is 2.27. The zero-order valence-corrected chi connectivity index (χ0v) is 15.7.